The second-order valence-corrected chi connectivity index (χ2v) is 10.7. The van der Waals surface area contributed by atoms with Crippen molar-refractivity contribution in [3.8, 4) is 0 Å². The van der Waals surface area contributed by atoms with E-state index < -0.39 is 15.5 Å². The highest BCUT2D eigenvalue weighted by Gasteiger charge is 2.79. The zero-order chi connectivity index (χ0) is 16.0. The Bertz CT molecular complexity index is 509. The molecule has 120 valence electrons. The first-order valence-corrected chi connectivity index (χ1v) is 9.42. The number of ketones is 1. The van der Waals surface area contributed by atoms with Crippen LogP contribution in [0.3, 0.4) is 0 Å². The lowest BCUT2D eigenvalue weighted by Gasteiger charge is -2.58. The van der Waals surface area contributed by atoms with Crippen LogP contribution >= 0.6 is 43.5 Å². The fourth-order valence-electron chi connectivity index (χ4n) is 4.87. The second kappa shape index (κ2) is 4.47. The highest BCUT2D eigenvalue weighted by molar-refractivity contribution is 9.10. The van der Waals surface area contributed by atoms with Crippen LogP contribution in [-0.4, -0.2) is 37.3 Å². The van der Waals surface area contributed by atoms with Gasteiger partial charge in [0.15, 0.2) is 16.4 Å². The van der Waals surface area contributed by atoms with Crippen LogP contribution in [0.15, 0.2) is 0 Å². The smallest absolute Gasteiger partial charge is 0.168 e. The first-order chi connectivity index (χ1) is 9.42. The summed E-state index contributed by atoms with van der Waals surface area (Å²) in [6.07, 6.45) is 0.136. The molecule has 2 aliphatic carbocycles. The molecule has 1 aliphatic heterocycles. The average Bonchev–Trinajstić information content (AvgIpc) is 2.50. The predicted octanol–water partition coefficient (Wildman–Crippen LogP) is 3.62. The van der Waals surface area contributed by atoms with Crippen molar-refractivity contribution >= 4 is 49.2 Å². The third kappa shape index (κ3) is 1.71. The fourth-order valence-corrected chi connectivity index (χ4v) is 6.63. The van der Waals surface area contributed by atoms with Gasteiger partial charge in [0, 0.05) is 21.6 Å². The summed E-state index contributed by atoms with van der Waals surface area (Å²) < 4.78 is 5.23. The van der Waals surface area contributed by atoms with Gasteiger partial charge in [-0.25, -0.2) is 0 Å². The Balaban J connectivity index is 2.19. The van der Waals surface area contributed by atoms with Gasteiger partial charge in [-0.15, -0.1) is 11.6 Å². The molecule has 7 atom stereocenters. The molecule has 0 aromatic carbocycles. The quantitative estimate of drug-likeness (QED) is 0.581. The van der Waals surface area contributed by atoms with Crippen LogP contribution < -0.4 is 0 Å². The Morgan fingerprint density at radius 3 is 2.48 bits per heavy atom. The number of fused-ring (bicyclic) bond motifs is 1. The number of aliphatic hydroxyl groups excluding tert-OH is 1. The van der Waals surface area contributed by atoms with Gasteiger partial charge in [0.05, 0.1) is 11.0 Å². The summed E-state index contributed by atoms with van der Waals surface area (Å²) in [6, 6.07) is 0. The van der Waals surface area contributed by atoms with E-state index >= 15 is 0 Å². The molecule has 3 nitrogen and oxygen atoms in total. The number of rotatable bonds is 0. The maximum atomic E-state index is 12.6. The fraction of sp³-hybridized carbons (Fsp3) is 0.933. The summed E-state index contributed by atoms with van der Waals surface area (Å²) in [4.78, 5) is 12.3. The lowest BCUT2D eigenvalue weighted by Crippen LogP contribution is -2.66. The minimum absolute atomic E-state index is 0.103. The van der Waals surface area contributed by atoms with Crippen molar-refractivity contribution in [3.05, 3.63) is 0 Å². The standard InChI is InChI=1S/C15H21Br2ClO3/c1-7-10(19)11(20)15(17)12(2,3)14(7)5-8(16)13(4,18)6-9(14)21-15/h7-9,11,20H,5-6H2,1-4H3. The molecular weight excluding hydrogens is 423 g/mol. The topological polar surface area (TPSA) is 46.5 Å². The van der Waals surface area contributed by atoms with Crippen molar-refractivity contribution < 1.29 is 14.6 Å². The molecule has 0 radical (unpaired) electrons. The number of halogens is 3. The zero-order valence-corrected chi connectivity index (χ0v) is 16.5. The molecular formula is C15H21Br2ClO3. The van der Waals surface area contributed by atoms with Gasteiger partial charge >= 0.3 is 0 Å². The van der Waals surface area contributed by atoms with Crippen molar-refractivity contribution in [3.63, 3.8) is 0 Å². The summed E-state index contributed by atoms with van der Waals surface area (Å²) in [5, 5.41) is 10.5. The van der Waals surface area contributed by atoms with Crippen LogP contribution in [0.4, 0.5) is 0 Å². The predicted molar refractivity (Wildman–Crippen MR) is 89.1 cm³/mol. The van der Waals surface area contributed by atoms with E-state index in [1.807, 2.05) is 13.8 Å². The molecule has 1 saturated heterocycles. The summed E-state index contributed by atoms with van der Waals surface area (Å²) in [6.45, 7) is 8.11. The number of hydrogen-bond donors (Lipinski definition) is 1. The van der Waals surface area contributed by atoms with Crippen LogP contribution in [0.1, 0.15) is 40.5 Å². The van der Waals surface area contributed by atoms with Crippen LogP contribution in [0.5, 0.6) is 0 Å². The lowest BCUT2D eigenvalue weighted by atomic mass is 9.47. The van der Waals surface area contributed by atoms with Crippen LogP contribution in [0, 0.1) is 16.7 Å². The number of hydrogen-bond acceptors (Lipinski definition) is 3. The minimum atomic E-state index is -1.14. The van der Waals surface area contributed by atoms with E-state index in [0.717, 1.165) is 6.42 Å². The van der Waals surface area contributed by atoms with Gasteiger partial charge in [0.25, 0.3) is 0 Å². The molecule has 0 aromatic rings. The molecule has 1 spiro atoms. The molecule has 3 rings (SSSR count). The van der Waals surface area contributed by atoms with E-state index in [-0.39, 0.29) is 33.5 Å². The van der Waals surface area contributed by atoms with Gasteiger partial charge in [-0.3, -0.25) is 4.79 Å². The number of Topliss-reactive ketones (excluding diaryl/α,β-unsaturated/α-hetero) is 1. The second-order valence-electron chi connectivity index (χ2n) is 7.60. The van der Waals surface area contributed by atoms with Crippen molar-refractivity contribution in [2.24, 2.45) is 16.7 Å². The molecule has 7 unspecified atom stereocenters. The van der Waals surface area contributed by atoms with Crippen LogP contribution in [0.2, 0.25) is 0 Å². The first kappa shape index (κ1) is 16.7. The Morgan fingerprint density at radius 1 is 1.33 bits per heavy atom. The molecule has 1 heterocycles. The Hall–Kier alpha value is 0.840. The number of ether oxygens (including phenoxy) is 1. The van der Waals surface area contributed by atoms with E-state index in [1.54, 1.807) is 0 Å². The monoisotopic (exact) mass is 442 g/mol. The van der Waals surface area contributed by atoms with Crippen molar-refractivity contribution in [2.75, 3.05) is 0 Å². The normalized spacial score (nSPS) is 59.0. The molecule has 0 aromatic heterocycles. The highest BCUT2D eigenvalue weighted by atomic mass is 79.9. The molecule has 3 aliphatic rings. The maximum Gasteiger partial charge on any atom is 0.168 e. The Labute approximate surface area is 147 Å². The highest BCUT2D eigenvalue weighted by Crippen LogP contribution is 2.73. The summed E-state index contributed by atoms with van der Waals surface area (Å²) >= 11 is 13.9. The summed E-state index contributed by atoms with van der Waals surface area (Å²) in [7, 11) is 0. The maximum absolute atomic E-state index is 12.6. The largest absolute Gasteiger partial charge is 0.381 e. The van der Waals surface area contributed by atoms with Gasteiger partial charge in [0.1, 0.15) is 0 Å². The molecule has 2 saturated carbocycles. The third-order valence-electron chi connectivity index (χ3n) is 6.48. The van der Waals surface area contributed by atoms with E-state index in [2.05, 4.69) is 45.7 Å². The van der Waals surface area contributed by atoms with Gasteiger partial charge in [-0.2, -0.15) is 0 Å². The lowest BCUT2D eigenvalue weighted by molar-refractivity contribution is -0.159. The third-order valence-corrected chi connectivity index (χ3v) is 10.1. The SMILES string of the molecule is CC1C(=O)C(O)C2(Br)OC3CC(C)(Cl)C(Br)CC31C2(C)C. The summed E-state index contributed by atoms with van der Waals surface area (Å²) in [5.41, 5.74) is -0.702. The van der Waals surface area contributed by atoms with Crippen molar-refractivity contribution in [1.82, 2.24) is 0 Å². The van der Waals surface area contributed by atoms with Crippen LogP contribution in [0.25, 0.3) is 0 Å². The van der Waals surface area contributed by atoms with E-state index in [1.165, 1.54) is 0 Å². The summed E-state index contributed by atoms with van der Waals surface area (Å²) in [5.74, 6) is -0.389. The number of carbonyl (C=O) groups is 1. The first-order valence-electron chi connectivity index (χ1n) is 7.33. The minimum Gasteiger partial charge on any atom is -0.381 e. The van der Waals surface area contributed by atoms with Gasteiger partial charge in [-0.05, 0) is 19.8 Å². The van der Waals surface area contributed by atoms with Crippen molar-refractivity contribution in [1.29, 1.82) is 0 Å². The zero-order valence-electron chi connectivity index (χ0n) is 12.6. The Kier molecular flexibility index (Phi) is 3.55. The molecule has 0 amide bonds. The van der Waals surface area contributed by atoms with Gasteiger partial charge < -0.3 is 9.84 Å². The number of alkyl halides is 3. The van der Waals surface area contributed by atoms with Crippen LogP contribution in [-0.2, 0) is 9.53 Å². The number of carbonyl (C=O) groups excluding carboxylic acids is 1. The van der Waals surface area contributed by atoms with Gasteiger partial charge in [-0.1, -0.05) is 52.6 Å². The molecule has 2 bridgehead atoms. The van der Waals surface area contributed by atoms with E-state index in [4.69, 9.17) is 16.3 Å². The van der Waals surface area contributed by atoms with E-state index in [0.29, 0.717) is 6.42 Å². The van der Waals surface area contributed by atoms with Gasteiger partial charge in [0.2, 0.25) is 0 Å². The molecule has 6 heteroatoms. The average molecular weight is 445 g/mol. The molecule has 21 heavy (non-hydrogen) atoms. The molecule has 1 N–H and O–H groups in total. The van der Waals surface area contributed by atoms with E-state index in [9.17, 15) is 9.90 Å². The molecule has 3 fully saturated rings. The number of aliphatic hydroxyl groups is 1. The Morgan fingerprint density at radius 2 is 1.90 bits per heavy atom. The van der Waals surface area contributed by atoms with Crippen molar-refractivity contribution in [2.45, 2.75) is 67.0 Å².